The highest BCUT2D eigenvalue weighted by Gasteiger charge is 2.29. The average molecular weight is 405 g/mol. The Kier molecular flexibility index (Phi) is 4.98. The summed E-state index contributed by atoms with van der Waals surface area (Å²) >= 11 is 11.9. The summed E-state index contributed by atoms with van der Waals surface area (Å²) in [6.07, 6.45) is 3.07. The van der Waals surface area contributed by atoms with Gasteiger partial charge in [-0.15, -0.1) is 0 Å². The van der Waals surface area contributed by atoms with Crippen molar-refractivity contribution in [2.45, 2.75) is 25.7 Å². The van der Waals surface area contributed by atoms with Crippen LogP contribution in [-0.4, -0.2) is 25.0 Å². The van der Waals surface area contributed by atoms with Crippen molar-refractivity contribution in [2.24, 2.45) is 0 Å². The monoisotopic (exact) mass is 404 g/mol. The van der Waals surface area contributed by atoms with Crippen LogP contribution in [0.2, 0.25) is 10.0 Å². The van der Waals surface area contributed by atoms with Crippen molar-refractivity contribution >= 4 is 46.4 Å². The fourth-order valence-electron chi connectivity index (χ4n) is 3.66. The first-order valence-electron chi connectivity index (χ1n) is 8.85. The summed E-state index contributed by atoms with van der Waals surface area (Å²) in [5, 5.41) is 3.75. The van der Waals surface area contributed by atoms with E-state index < -0.39 is 0 Å². The Labute approximate surface area is 167 Å². The summed E-state index contributed by atoms with van der Waals surface area (Å²) < 4.78 is 5.48. The van der Waals surface area contributed by atoms with Gasteiger partial charge in [-0.25, -0.2) is 0 Å². The van der Waals surface area contributed by atoms with Crippen LogP contribution in [0, 0.1) is 0 Å². The van der Waals surface area contributed by atoms with Gasteiger partial charge in [-0.3, -0.25) is 9.59 Å². The third-order valence-electron chi connectivity index (χ3n) is 4.81. The first kappa shape index (κ1) is 18.1. The van der Waals surface area contributed by atoms with Crippen molar-refractivity contribution in [3.05, 3.63) is 51.5 Å². The normalized spacial score (nSPS) is 15.3. The quantitative estimate of drug-likeness (QED) is 0.828. The molecule has 2 heterocycles. The van der Waals surface area contributed by atoms with E-state index in [0.29, 0.717) is 28.6 Å². The molecular formula is C20H18Cl2N2O3. The van der Waals surface area contributed by atoms with Crippen LogP contribution in [0.1, 0.15) is 24.0 Å². The van der Waals surface area contributed by atoms with E-state index in [0.717, 1.165) is 41.9 Å². The lowest BCUT2D eigenvalue weighted by Crippen LogP contribution is -2.39. The Morgan fingerprint density at radius 2 is 1.89 bits per heavy atom. The molecule has 5 nitrogen and oxygen atoms in total. The number of amides is 2. The van der Waals surface area contributed by atoms with Crippen LogP contribution < -0.4 is 15.0 Å². The molecule has 27 heavy (non-hydrogen) atoms. The standard InChI is InChI=1S/C20H18Cl2N2O3/c21-14-4-5-17(16(22)10-14)27-11-18(25)23-15-8-12-2-1-7-24-19(26)6-3-13(9-15)20(12)24/h4-5,8-10H,1-3,6-7,11H2,(H,23,25). The minimum Gasteiger partial charge on any atom is -0.482 e. The summed E-state index contributed by atoms with van der Waals surface area (Å²) in [4.78, 5) is 26.3. The second-order valence-corrected chi connectivity index (χ2v) is 7.55. The van der Waals surface area contributed by atoms with E-state index in [2.05, 4.69) is 5.32 Å². The smallest absolute Gasteiger partial charge is 0.262 e. The van der Waals surface area contributed by atoms with Crippen LogP contribution in [0.3, 0.4) is 0 Å². The van der Waals surface area contributed by atoms with Crippen molar-refractivity contribution in [3.8, 4) is 5.75 Å². The lowest BCUT2D eigenvalue weighted by Gasteiger charge is -2.35. The lowest BCUT2D eigenvalue weighted by atomic mass is 9.91. The first-order valence-corrected chi connectivity index (χ1v) is 9.61. The molecule has 0 aromatic heterocycles. The number of ether oxygens (including phenoxy) is 1. The SMILES string of the molecule is O=C(COc1ccc(Cl)cc1Cl)Nc1cc2c3c(c1)CCC(=O)N3CCC2. The molecule has 2 aliphatic rings. The number of anilines is 2. The van der Waals surface area contributed by atoms with E-state index >= 15 is 0 Å². The van der Waals surface area contributed by atoms with Crippen LogP contribution in [-0.2, 0) is 22.4 Å². The third kappa shape index (κ3) is 3.75. The molecule has 0 unspecified atom stereocenters. The molecule has 2 aromatic rings. The van der Waals surface area contributed by atoms with Crippen LogP contribution in [0.4, 0.5) is 11.4 Å². The third-order valence-corrected chi connectivity index (χ3v) is 5.34. The van der Waals surface area contributed by atoms with E-state index in [4.69, 9.17) is 27.9 Å². The number of halogens is 2. The van der Waals surface area contributed by atoms with Gasteiger partial charge in [-0.05, 0) is 60.7 Å². The van der Waals surface area contributed by atoms with Crippen LogP contribution in [0.5, 0.6) is 5.75 Å². The molecule has 7 heteroatoms. The van der Waals surface area contributed by atoms with Crippen LogP contribution in [0.25, 0.3) is 0 Å². The van der Waals surface area contributed by atoms with Gasteiger partial charge in [-0.1, -0.05) is 23.2 Å². The maximum absolute atomic E-state index is 12.3. The van der Waals surface area contributed by atoms with Gasteiger partial charge in [0.2, 0.25) is 5.91 Å². The van der Waals surface area contributed by atoms with Crippen LogP contribution in [0.15, 0.2) is 30.3 Å². The van der Waals surface area contributed by atoms with Gasteiger partial charge < -0.3 is 15.0 Å². The molecular weight excluding hydrogens is 387 g/mol. The van der Waals surface area contributed by atoms with Gasteiger partial charge in [0, 0.05) is 23.7 Å². The minimum absolute atomic E-state index is 0.154. The predicted octanol–water partition coefficient (Wildman–Crippen LogP) is 4.24. The van der Waals surface area contributed by atoms with Gasteiger partial charge in [0.25, 0.3) is 5.91 Å². The van der Waals surface area contributed by atoms with Crippen molar-refractivity contribution in [1.82, 2.24) is 0 Å². The molecule has 2 amide bonds. The van der Waals surface area contributed by atoms with Gasteiger partial charge in [0.1, 0.15) is 5.75 Å². The van der Waals surface area contributed by atoms with Gasteiger partial charge in [0.15, 0.2) is 6.61 Å². The summed E-state index contributed by atoms with van der Waals surface area (Å²) in [5.41, 5.74) is 4.00. The number of hydrogen-bond acceptors (Lipinski definition) is 3. The Hall–Kier alpha value is -2.24. The van der Waals surface area contributed by atoms with E-state index in [1.165, 1.54) is 0 Å². The summed E-state index contributed by atoms with van der Waals surface area (Å²) in [6, 6.07) is 8.76. The summed E-state index contributed by atoms with van der Waals surface area (Å²) in [6.45, 7) is 0.624. The van der Waals surface area contributed by atoms with Crippen molar-refractivity contribution in [1.29, 1.82) is 0 Å². The number of nitrogens with zero attached hydrogens (tertiary/aromatic N) is 1. The van der Waals surface area contributed by atoms with Gasteiger partial charge in [0.05, 0.1) is 10.7 Å². The molecule has 4 rings (SSSR count). The molecule has 2 aliphatic heterocycles. The van der Waals surface area contributed by atoms with Crippen molar-refractivity contribution in [2.75, 3.05) is 23.4 Å². The minimum atomic E-state index is -0.271. The molecule has 0 radical (unpaired) electrons. The fourth-order valence-corrected chi connectivity index (χ4v) is 4.12. The van der Waals surface area contributed by atoms with E-state index in [1.54, 1.807) is 18.2 Å². The van der Waals surface area contributed by atoms with Crippen LogP contribution >= 0.6 is 23.2 Å². The highest BCUT2D eigenvalue weighted by molar-refractivity contribution is 6.35. The predicted molar refractivity (Wildman–Crippen MR) is 106 cm³/mol. The number of nitrogens with one attached hydrogen (secondary N) is 1. The molecule has 0 spiro atoms. The Morgan fingerprint density at radius 1 is 1.11 bits per heavy atom. The lowest BCUT2D eigenvalue weighted by molar-refractivity contribution is -0.119. The molecule has 0 atom stereocenters. The Bertz CT molecular complexity index is 912. The zero-order valence-electron chi connectivity index (χ0n) is 14.6. The zero-order valence-corrected chi connectivity index (χ0v) is 16.1. The summed E-state index contributed by atoms with van der Waals surface area (Å²) in [7, 11) is 0. The van der Waals surface area contributed by atoms with Crippen molar-refractivity contribution in [3.63, 3.8) is 0 Å². The van der Waals surface area contributed by atoms with E-state index in [1.807, 2.05) is 17.0 Å². The molecule has 140 valence electrons. The van der Waals surface area contributed by atoms with Crippen molar-refractivity contribution < 1.29 is 14.3 Å². The zero-order chi connectivity index (χ0) is 19.0. The number of carbonyl (C=O) groups excluding carboxylic acids is 2. The highest BCUT2D eigenvalue weighted by atomic mass is 35.5. The largest absolute Gasteiger partial charge is 0.482 e. The Balaban J connectivity index is 1.47. The molecule has 2 aromatic carbocycles. The molecule has 0 bridgehead atoms. The van der Waals surface area contributed by atoms with E-state index in [9.17, 15) is 9.59 Å². The second-order valence-electron chi connectivity index (χ2n) is 6.70. The highest BCUT2D eigenvalue weighted by Crippen LogP contribution is 2.37. The number of hydrogen-bond donors (Lipinski definition) is 1. The molecule has 0 fully saturated rings. The molecule has 0 aliphatic carbocycles. The topological polar surface area (TPSA) is 58.6 Å². The molecule has 0 saturated heterocycles. The maximum atomic E-state index is 12.3. The summed E-state index contributed by atoms with van der Waals surface area (Å²) in [5.74, 6) is 0.326. The first-order chi connectivity index (χ1) is 13.0. The number of aryl methyl sites for hydroxylation is 2. The van der Waals surface area contributed by atoms with Gasteiger partial charge in [-0.2, -0.15) is 0 Å². The number of benzene rings is 2. The van der Waals surface area contributed by atoms with Gasteiger partial charge >= 0.3 is 0 Å². The molecule has 1 N–H and O–H groups in total. The van der Waals surface area contributed by atoms with E-state index in [-0.39, 0.29) is 18.4 Å². The Morgan fingerprint density at radius 3 is 2.67 bits per heavy atom. The number of carbonyl (C=O) groups is 2. The average Bonchev–Trinajstić information content (AvgIpc) is 2.64. The number of rotatable bonds is 4. The molecule has 0 saturated carbocycles. The fraction of sp³-hybridized carbons (Fsp3) is 0.300. The maximum Gasteiger partial charge on any atom is 0.262 e. The second kappa shape index (κ2) is 7.41.